The van der Waals surface area contributed by atoms with Gasteiger partial charge in [0.2, 0.25) is 5.95 Å². The van der Waals surface area contributed by atoms with Crippen LogP contribution in [0.2, 0.25) is 0 Å². The Labute approximate surface area is 113 Å². The monoisotopic (exact) mass is 281 g/mol. The predicted molar refractivity (Wildman–Crippen MR) is 68.8 cm³/mol. The minimum absolute atomic E-state index is 0.0513. The van der Waals surface area contributed by atoms with Crippen molar-refractivity contribution in [3.8, 4) is 0 Å². The molecule has 1 fully saturated rings. The molecular weight excluding hydrogens is 266 g/mol. The predicted octanol–water partition coefficient (Wildman–Crippen LogP) is -1.65. The van der Waals surface area contributed by atoms with Crippen LogP contribution in [0.5, 0.6) is 0 Å². The number of aromatic nitrogens is 4. The van der Waals surface area contributed by atoms with Gasteiger partial charge in [-0.3, -0.25) is 13.9 Å². The third-order valence-corrected chi connectivity index (χ3v) is 3.48. The number of fused-ring (bicyclic) bond motifs is 1. The lowest BCUT2D eigenvalue weighted by molar-refractivity contribution is -0.0486. The second kappa shape index (κ2) is 4.54. The van der Waals surface area contributed by atoms with E-state index in [0.29, 0.717) is 6.42 Å². The highest BCUT2D eigenvalue weighted by Crippen LogP contribution is 2.30. The van der Waals surface area contributed by atoms with Gasteiger partial charge in [-0.15, -0.1) is 0 Å². The van der Waals surface area contributed by atoms with Crippen LogP contribution in [0, 0.1) is 0 Å². The second-order valence-electron chi connectivity index (χ2n) is 4.79. The van der Waals surface area contributed by atoms with Gasteiger partial charge in [0.25, 0.3) is 5.56 Å². The van der Waals surface area contributed by atoms with Crippen molar-refractivity contribution in [2.75, 3.05) is 12.3 Å². The lowest BCUT2D eigenvalue weighted by Crippen LogP contribution is -2.24. The van der Waals surface area contributed by atoms with E-state index in [4.69, 9.17) is 15.6 Å². The maximum Gasteiger partial charge on any atom is 0.282 e. The van der Waals surface area contributed by atoms with Crippen molar-refractivity contribution in [2.24, 2.45) is 7.05 Å². The fraction of sp³-hybridized carbons (Fsp3) is 0.545. The number of imidazole rings is 1. The fourth-order valence-corrected chi connectivity index (χ4v) is 2.35. The van der Waals surface area contributed by atoms with Gasteiger partial charge in [-0.25, -0.2) is 4.98 Å². The molecule has 2 aromatic heterocycles. The molecular formula is C11H15N5O4. The van der Waals surface area contributed by atoms with E-state index >= 15 is 0 Å². The zero-order chi connectivity index (χ0) is 14.4. The quantitative estimate of drug-likeness (QED) is 0.601. The first-order valence-corrected chi connectivity index (χ1v) is 6.16. The van der Waals surface area contributed by atoms with Gasteiger partial charge < -0.3 is 20.7 Å². The molecule has 1 aliphatic rings. The first kappa shape index (κ1) is 13.0. The van der Waals surface area contributed by atoms with Crippen molar-refractivity contribution in [3.63, 3.8) is 0 Å². The van der Waals surface area contributed by atoms with Crippen molar-refractivity contribution in [1.82, 2.24) is 19.1 Å². The fourth-order valence-electron chi connectivity index (χ4n) is 2.35. The topological polar surface area (TPSA) is 128 Å². The normalized spacial score (nSPS) is 26.4. The van der Waals surface area contributed by atoms with Crippen molar-refractivity contribution < 1.29 is 14.9 Å². The molecule has 1 unspecified atom stereocenters. The number of ether oxygens (including phenoxy) is 1. The number of rotatable bonds is 2. The van der Waals surface area contributed by atoms with Gasteiger partial charge in [0.1, 0.15) is 6.10 Å². The summed E-state index contributed by atoms with van der Waals surface area (Å²) in [5, 5.41) is 19.1. The number of anilines is 1. The summed E-state index contributed by atoms with van der Waals surface area (Å²) in [5.41, 5.74) is 5.72. The van der Waals surface area contributed by atoms with Gasteiger partial charge in [0.15, 0.2) is 17.4 Å². The molecule has 3 rings (SSSR count). The first-order valence-electron chi connectivity index (χ1n) is 6.16. The van der Waals surface area contributed by atoms with Gasteiger partial charge in [-0.05, 0) is 0 Å². The number of nitrogens with two attached hydrogens (primary N) is 1. The number of nitrogen functional groups attached to an aromatic ring is 1. The minimum Gasteiger partial charge on any atom is -0.394 e. The number of aliphatic hydroxyl groups is 2. The van der Waals surface area contributed by atoms with Crippen molar-refractivity contribution in [1.29, 1.82) is 0 Å². The molecule has 1 saturated heterocycles. The summed E-state index contributed by atoms with van der Waals surface area (Å²) in [4.78, 5) is 20.1. The molecule has 1 aliphatic heterocycles. The second-order valence-corrected chi connectivity index (χ2v) is 4.79. The Morgan fingerprint density at radius 1 is 1.60 bits per heavy atom. The SMILES string of the molecule is Cn1c(N)nc2c(ncn2[C@@H]2O[C@H](CO)CC2O)c1=O. The Kier molecular flexibility index (Phi) is 2.96. The number of aliphatic hydroxyl groups excluding tert-OH is 2. The van der Waals surface area contributed by atoms with Crippen LogP contribution in [-0.2, 0) is 11.8 Å². The molecule has 9 nitrogen and oxygen atoms in total. The van der Waals surface area contributed by atoms with Crippen LogP contribution < -0.4 is 11.3 Å². The Morgan fingerprint density at radius 2 is 2.35 bits per heavy atom. The largest absolute Gasteiger partial charge is 0.394 e. The lowest BCUT2D eigenvalue weighted by atomic mass is 10.2. The molecule has 0 saturated carbocycles. The summed E-state index contributed by atoms with van der Waals surface area (Å²) in [6.45, 7) is -0.183. The van der Waals surface area contributed by atoms with Crippen LogP contribution >= 0.6 is 0 Å². The molecule has 9 heteroatoms. The molecule has 0 radical (unpaired) electrons. The maximum absolute atomic E-state index is 12.0. The van der Waals surface area contributed by atoms with Gasteiger partial charge in [0.05, 0.1) is 19.0 Å². The summed E-state index contributed by atoms with van der Waals surface area (Å²) in [6, 6.07) is 0. The van der Waals surface area contributed by atoms with E-state index in [1.807, 2.05) is 0 Å². The van der Waals surface area contributed by atoms with Gasteiger partial charge in [0, 0.05) is 13.5 Å². The van der Waals surface area contributed by atoms with E-state index in [1.165, 1.54) is 22.5 Å². The number of hydrogen-bond donors (Lipinski definition) is 3. The van der Waals surface area contributed by atoms with E-state index in [0.717, 1.165) is 0 Å². The van der Waals surface area contributed by atoms with Crippen molar-refractivity contribution in [2.45, 2.75) is 24.9 Å². The maximum atomic E-state index is 12.0. The molecule has 0 bridgehead atoms. The van der Waals surface area contributed by atoms with E-state index in [1.54, 1.807) is 0 Å². The summed E-state index contributed by atoms with van der Waals surface area (Å²) in [6.07, 6.45) is -0.308. The standard InChI is InChI=1S/C11H15N5O4/c1-15-9(19)7-8(14-11(15)12)16(4-13-7)10-6(18)2-5(3-17)20-10/h4-6,10,17-18H,2-3H2,1H3,(H2,12,14)/t5-,6?,10+/m0/s1. The summed E-state index contributed by atoms with van der Waals surface area (Å²) in [7, 11) is 1.51. The zero-order valence-corrected chi connectivity index (χ0v) is 10.8. The third-order valence-electron chi connectivity index (χ3n) is 3.48. The van der Waals surface area contributed by atoms with Crippen LogP contribution in [0.25, 0.3) is 11.2 Å². The number of hydrogen-bond acceptors (Lipinski definition) is 7. The average Bonchev–Trinajstić information content (AvgIpc) is 2.99. The molecule has 0 amide bonds. The molecule has 108 valence electrons. The Hall–Kier alpha value is -1.97. The number of nitrogens with zero attached hydrogens (tertiary/aromatic N) is 4. The lowest BCUT2D eigenvalue weighted by Gasteiger charge is -2.16. The molecule has 3 heterocycles. The van der Waals surface area contributed by atoms with Crippen LogP contribution in [0.1, 0.15) is 12.6 Å². The minimum atomic E-state index is -0.809. The molecule has 0 aliphatic carbocycles. The van der Waals surface area contributed by atoms with Crippen LogP contribution in [0.15, 0.2) is 11.1 Å². The molecule has 2 aromatic rings. The summed E-state index contributed by atoms with van der Waals surface area (Å²) >= 11 is 0. The van der Waals surface area contributed by atoms with Crippen molar-refractivity contribution in [3.05, 3.63) is 16.7 Å². The highest BCUT2D eigenvalue weighted by atomic mass is 16.5. The molecule has 20 heavy (non-hydrogen) atoms. The smallest absolute Gasteiger partial charge is 0.282 e. The Bertz CT molecular complexity index is 709. The van der Waals surface area contributed by atoms with E-state index in [9.17, 15) is 9.90 Å². The highest BCUT2D eigenvalue weighted by molar-refractivity contribution is 5.70. The molecule has 4 N–H and O–H groups in total. The average molecular weight is 281 g/mol. The Morgan fingerprint density at radius 3 is 3.00 bits per heavy atom. The van der Waals surface area contributed by atoms with Gasteiger partial charge >= 0.3 is 0 Å². The van der Waals surface area contributed by atoms with E-state index in [2.05, 4.69) is 9.97 Å². The molecule has 3 atom stereocenters. The summed E-state index contributed by atoms with van der Waals surface area (Å²) < 4.78 is 8.18. The Balaban J connectivity index is 2.12. The molecule has 0 spiro atoms. The summed E-state index contributed by atoms with van der Waals surface area (Å²) in [5.74, 6) is 0.0513. The van der Waals surface area contributed by atoms with Gasteiger partial charge in [-0.2, -0.15) is 4.98 Å². The molecule has 0 aromatic carbocycles. The third kappa shape index (κ3) is 1.79. The van der Waals surface area contributed by atoms with E-state index < -0.39 is 18.4 Å². The van der Waals surface area contributed by atoms with E-state index in [-0.39, 0.29) is 29.3 Å². The highest BCUT2D eigenvalue weighted by Gasteiger charge is 2.36. The van der Waals surface area contributed by atoms with Crippen LogP contribution in [0.3, 0.4) is 0 Å². The zero-order valence-electron chi connectivity index (χ0n) is 10.8. The van der Waals surface area contributed by atoms with Crippen molar-refractivity contribution >= 4 is 17.1 Å². The van der Waals surface area contributed by atoms with Crippen LogP contribution in [0.4, 0.5) is 5.95 Å². The van der Waals surface area contributed by atoms with Gasteiger partial charge in [-0.1, -0.05) is 0 Å². The first-order chi connectivity index (χ1) is 9.52. The van der Waals surface area contributed by atoms with Crippen LogP contribution in [-0.4, -0.2) is 48.1 Å².